The SMILES string of the molecule is Nc1cc(C(=O)c2cccc(F)c2)ccc1S. The maximum absolute atomic E-state index is 13.0. The quantitative estimate of drug-likeness (QED) is 0.487. The van der Waals surface area contributed by atoms with Crippen LogP contribution in [0.25, 0.3) is 0 Å². The number of benzene rings is 2. The average molecular weight is 247 g/mol. The summed E-state index contributed by atoms with van der Waals surface area (Å²) in [6.45, 7) is 0. The molecule has 2 rings (SSSR count). The van der Waals surface area contributed by atoms with Crippen LogP contribution in [0.2, 0.25) is 0 Å². The average Bonchev–Trinajstić information content (AvgIpc) is 2.32. The van der Waals surface area contributed by atoms with Crippen LogP contribution in [0, 0.1) is 5.82 Å². The van der Waals surface area contributed by atoms with Gasteiger partial charge in [0.2, 0.25) is 0 Å². The molecule has 0 spiro atoms. The number of rotatable bonds is 2. The number of hydrogen-bond acceptors (Lipinski definition) is 3. The van der Waals surface area contributed by atoms with Crippen molar-refractivity contribution in [1.82, 2.24) is 0 Å². The lowest BCUT2D eigenvalue weighted by Crippen LogP contribution is -2.02. The van der Waals surface area contributed by atoms with Crippen LogP contribution in [0.15, 0.2) is 47.4 Å². The summed E-state index contributed by atoms with van der Waals surface area (Å²) in [6.07, 6.45) is 0. The minimum absolute atomic E-state index is 0.260. The first-order valence-electron chi connectivity index (χ1n) is 4.96. The number of hydrogen-bond donors (Lipinski definition) is 2. The van der Waals surface area contributed by atoms with E-state index in [1.807, 2.05) is 0 Å². The smallest absolute Gasteiger partial charge is 0.193 e. The third-order valence-corrected chi connectivity index (χ3v) is 2.78. The summed E-state index contributed by atoms with van der Waals surface area (Å²) in [4.78, 5) is 12.6. The fourth-order valence-corrected chi connectivity index (χ4v) is 1.63. The first-order chi connectivity index (χ1) is 8.08. The molecular formula is C13H10FNOS. The number of carbonyl (C=O) groups is 1. The van der Waals surface area contributed by atoms with Crippen molar-refractivity contribution < 1.29 is 9.18 Å². The normalized spacial score (nSPS) is 10.2. The van der Waals surface area contributed by atoms with Gasteiger partial charge in [-0.3, -0.25) is 4.79 Å². The van der Waals surface area contributed by atoms with Gasteiger partial charge < -0.3 is 5.73 Å². The molecule has 0 aliphatic heterocycles. The molecule has 2 N–H and O–H groups in total. The van der Waals surface area contributed by atoms with Gasteiger partial charge in [0.1, 0.15) is 5.82 Å². The Bertz CT molecular complexity index is 583. The Morgan fingerprint density at radius 1 is 1.12 bits per heavy atom. The van der Waals surface area contributed by atoms with Gasteiger partial charge in [-0.05, 0) is 30.3 Å². The van der Waals surface area contributed by atoms with Gasteiger partial charge in [0.05, 0.1) is 0 Å². The molecule has 4 heteroatoms. The molecule has 2 aromatic carbocycles. The topological polar surface area (TPSA) is 43.1 Å². The van der Waals surface area contributed by atoms with Crippen molar-refractivity contribution in [3.05, 3.63) is 59.4 Å². The lowest BCUT2D eigenvalue weighted by molar-refractivity contribution is 0.103. The highest BCUT2D eigenvalue weighted by molar-refractivity contribution is 7.80. The minimum atomic E-state index is -0.436. The van der Waals surface area contributed by atoms with E-state index in [-0.39, 0.29) is 5.78 Å². The summed E-state index contributed by atoms with van der Waals surface area (Å²) in [6, 6.07) is 10.4. The summed E-state index contributed by atoms with van der Waals surface area (Å²) in [5, 5.41) is 0. The highest BCUT2D eigenvalue weighted by Gasteiger charge is 2.10. The Morgan fingerprint density at radius 3 is 2.47 bits per heavy atom. The second kappa shape index (κ2) is 4.59. The zero-order valence-corrected chi connectivity index (χ0v) is 9.75. The standard InChI is InChI=1S/C13H10FNOS/c14-10-3-1-2-8(6-10)13(16)9-4-5-12(17)11(15)7-9/h1-7,17H,15H2. The molecule has 17 heavy (non-hydrogen) atoms. The predicted molar refractivity (Wildman–Crippen MR) is 67.9 cm³/mol. The van der Waals surface area contributed by atoms with Gasteiger partial charge >= 0.3 is 0 Å². The molecule has 0 aromatic heterocycles. The predicted octanol–water partition coefficient (Wildman–Crippen LogP) is 2.93. The van der Waals surface area contributed by atoms with E-state index in [0.717, 1.165) is 0 Å². The lowest BCUT2D eigenvalue weighted by atomic mass is 10.0. The number of thiol groups is 1. The van der Waals surface area contributed by atoms with Gasteiger partial charge in [-0.1, -0.05) is 12.1 Å². The molecule has 0 fully saturated rings. The summed E-state index contributed by atoms with van der Waals surface area (Å²) in [5.41, 5.74) is 6.81. The molecule has 0 radical (unpaired) electrons. The van der Waals surface area contributed by atoms with Crippen molar-refractivity contribution in [2.45, 2.75) is 4.90 Å². The molecule has 2 aromatic rings. The Morgan fingerprint density at radius 2 is 1.82 bits per heavy atom. The van der Waals surface area contributed by atoms with Crippen molar-refractivity contribution in [1.29, 1.82) is 0 Å². The minimum Gasteiger partial charge on any atom is -0.398 e. The number of nitrogen functional groups attached to an aromatic ring is 1. The maximum Gasteiger partial charge on any atom is 0.193 e. The number of carbonyl (C=O) groups excluding carboxylic acids is 1. The maximum atomic E-state index is 13.0. The lowest BCUT2D eigenvalue weighted by Gasteiger charge is -2.04. The van der Waals surface area contributed by atoms with Crippen LogP contribution in [0.5, 0.6) is 0 Å². The van der Waals surface area contributed by atoms with Gasteiger partial charge in [-0.25, -0.2) is 4.39 Å². The summed E-state index contributed by atoms with van der Waals surface area (Å²) < 4.78 is 13.0. The van der Waals surface area contributed by atoms with Crippen molar-refractivity contribution in [3.63, 3.8) is 0 Å². The van der Waals surface area contributed by atoms with Gasteiger partial charge in [0, 0.05) is 21.7 Å². The second-order valence-corrected chi connectivity index (χ2v) is 4.09. The monoisotopic (exact) mass is 247 g/mol. The van der Waals surface area contributed by atoms with Crippen LogP contribution in [0.1, 0.15) is 15.9 Å². The van der Waals surface area contributed by atoms with Gasteiger partial charge in [0.25, 0.3) is 0 Å². The Kier molecular flexibility index (Phi) is 3.15. The Hall–Kier alpha value is -1.81. The van der Waals surface area contributed by atoms with E-state index in [2.05, 4.69) is 12.6 Å². The largest absolute Gasteiger partial charge is 0.398 e. The van der Waals surface area contributed by atoms with Crippen LogP contribution in [0.4, 0.5) is 10.1 Å². The molecular weight excluding hydrogens is 237 g/mol. The van der Waals surface area contributed by atoms with Crippen LogP contribution >= 0.6 is 12.6 Å². The number of anilines is 1. The zero-order valence-electron chi connectivity index (χ0n) is 8.85. The molecule has 0 aliphatic rings. The molecule has 0 aliphatic carbocycles. The van der Waals surface area contributed by atoms with Crippen molar-refractivity contribution in [2.24, 2.45) is 0 Å². The Balaban J connectivity index is 2.40. The number of ketones is 1. The van der Waals surface area contributed by atoms with E-state index in [1.54, 1.807) is 18.2 Å². The van der Waals surface area contributed by atoms with Crippen LogP contribution in [0.3, 0.4) is 0 Å². The summed E-state index contributed by atoms with van der Waals surface area (Å²) in [7, 11) is 0. The second-order valence-electron chi connectivity index (χ2n) is 3.61. The first kappa shape index (κ1) is 11.7. The van der Waals surface area contributed by atoms with Crippen molar-refractivity contribution in [3.8, 4) is 0 Å². The van der Waals surface area contributed by atoms with Gasteiger partial charge in [-0.15, -0.1) is 12.6 Å². The van der Waals surface area contributed by atoms with Crippen LogP contribution < -0.4 is 5.73 Å². The number of nitrogens with two attached hydrogens (primary N) is 1. The van der Waals surface area contributed by atoms with Crippen molar-refractivity contribution >= 4 is 24.1 Å². The molecule has 0 atom stereocenters. The molecule has 2 nitrogen and oxygen atoms in total. The molecule has 86 valence electrons. The molecule has 0 heterocycles. The molecule has 0 saturated heterocycles. The van der Waals surface area contributed by atoms with E-state index < -0.39 is 5.82 Å². The third-order valence-electron chi connectivity index (χ3n) is 2.38. The first-order valence-corrected chi connectivity index (χ1v) is 5.41. The molecule has 0 amide bonds. The zero-order chi connectivity index (χ0) is 12.4. The highest BCUT2D eigenvalue weighted by Crippen LogP contribution is 2.20. The summed E-state index contributed by atoms with van der Waals surface area (Å²) in [5.74, 6) is -0.695. The van der Waals surface area contributed by atoms with Gasteiger partial charge in [-0.2, -0.15) is 0 Å². The van der Waals surface area contributed by atoms with E-state index in [4.69, 9.17) is 5.73 Å². The summed E-state index contributed by atoms with van der Waals surface area (Å²) >= 11 is 4.12. The van der Waals surface area contributed by atoms with E-state index in [0.29, 0.717) is 21.7 Å². The van der Waals surface area contributed by atoms with E-state index in [9.17, 15) is 9.18 Å². The Labute approximate surface area is 104 Å². The third kappa shape index (κ3) is 2.47. The molecule has 0 bridgehead atoms. The fourth-order valence-electron chi connectivity index (χ4n) is 1.49. The van der Waals surface area contributed by atoms with Crippen molar-refractivity contribution in [2.75, 3.05) is 5.73 Å². The van der Waals surface area contributed by atoms with E-state index in [1.165, 1.54) is 24.3 Å². The van der Waals surface area contributed by atoms with Crippen LogP contribution in [-0.2, 0) is 0 Å². The highest BCUT2D eigenvalue weighted by atomic mass is 32.1. The van der Waals surface area contributed by atoms with E-state index >= 15 is 0 Å². The number of halogens is 1. The fraction of sp³-hybridized carbons (Fsp3) is 0. The van der Waals surface area contributed by atoms with Gasteiger partial charge in [0.15, 0.2) is 5.78 Å². The molecule has 0 saturated carbocycles. The van der Waals surface area contributed by atoms with Crippen LogP contribution in [-0.4, -0.2) is 5.78 Å². The molecule has 0 unspecified atom stereocenters.